The number of quaternary nitrogens is 1. The van der Waals surface area contributed by atoms with Crippen LogP contribution in [0.1, 0.15) is 348 Å². The van der Waals surface area contributed by atoms with Gasteiger partial charge in [-0.05, 0) is 89.9 Å². The van der Waals surface area contributed by atoms with Gasteiger partial charge in [0.1, 0.15) is 13.2 Å². The third kappa shape index (κ3) is 70.9. The van der Waals surface area contributed by atoms with E-state index in [0.29, 0.717) is 17.4 Å². The van der Waals surface area contributed by atoms with Crippen molar-refractivity contribution in [3.05, 3.63) is 97.2 Å². The summed E-state index contributed by atoms with van der Waals surface area (Å²) in [5.41, 5.74) is 0. The normalized spacial score (nSPS) is 14.1. The minimum Gasteiger partial charge on any atom is -0.387 e. The van der Waals surface area contributed by atoms with Crippen molar-refractivity contribution in [1.29, 1.82) is 0 Å². The van der Waals surface area contributed by atoms with Crippen molar-refractivity contribution in [1.82, 2.24) is 5.32 Å². The van der Waals surface area contributed by atoms with Gasteiger partial charge in [0, 0.05) is 6.42 Å². The molecule has 0 aliphatic rings. The Kier molecular flexibility index (Phi) is 66.8. The van der Waals surface area contributed by atoms with Gasteiger partial charge in [0.25, 0.3) is 0 Å². The lowest BCUT2D eigenvalue weighted by atomic mass is 10.0. The van der Waals surface area contributed by atoms with Crippen molar-refractivity contribution in [3.8, 4) is 0 Å². The molecule has 0 aromatic carbocycles. The van der Waals surface area contributed by atoms with Crippen molar-refractivity contribution >= 4 is 13.7 Å². The van der Waals surface area contributed by atoms with Crippen LogP contribution in [-0.4, -0.2) is 73.4 Å². The van der Waals surface area contributed by atoms with Crippen molar-refractivity contribution in [2.24, 2.45) is 0 Å². The van der Waals surface area contributed by atoms with Crippen LogP contribution in [0.5, 0.6) is 0 Å². The average molecular weight is 1250 g/mol. The highest BCUT2D eigenvalue weighted by molar-refractivity contribution is 7.47. The molecule has 0 spiro atoms. The number of hydrogen-bond donors (Lipinski definition) is 3. The Bertz CT molecular complexity index is 1760. The number of carbonyl (C=O) groups excluding carboxylic acids is 1. The number of carbonyl (C=O) groups is 1. The highest BCUT2D eigenvalue weighted by atomic mass is 31.2. The lowest BCUT2D eigenvalue weighted by molar-refractivity contribution is -0.870. The molecule has 0 aromatic heterocycles. The van der Waals surface area contributed by atoms with E-state index >= 15 is 0 Å². The monoisotopic (exact) mass is 1250 g/mol. The van der Waals surface area contributed by atoms with Gasteiger partial charge in [-0.1, -0.05) is 349 Å². The largest absolute Gasteiger partial charge is 0.472 e. The summed E-state index contributed by atoms with van der Waals surface area (Å²) >= 11 is 0. The number of allylic oxidation sites excluding steroid dienone is 15. The van der Waals surface area contributed by atoms with Gasteiger partial charge in [-0.2, -0.15) is 0 Å². The van der Waals surface area contributed by atoms with E-state index in [1.165, 1.54) is 250 Å². The molecule has 512 valence electrons. The highest BCUT2D eigenvalue weighted by Gasteiger charge is 2.28. The van der Waals surface area contributed by atoms with Crippen LogP contribution in [0.4, 0.5) is 0 Å². The number of rotatable bonds is 69. The molecule has 0 aliphatic heterocycles. The predicted octanol–water partition coefficient (Wildman–Crippen LogP) is 24.4. The van der Waals surface area contributed by atoms with Gasteiger partial charge in [0.15, 0.2) is 0 Å². The van der Waals surface area contributed by atoms with Crippen LogP contribution in [0, 0.1) is 0 Å². The van der Waals surface area contributed by atoms with E-state index in [1.54, 1.807) is 6.08 Å². The molecule has 0 saturated heterocycles. The molecule has 0 aromatic rings. The topological polar surface area (TPSA) is 105 Å². The Morgan fingerprint density at radius 2 is 0.693 bits per heavy atom. The molecule has 0 bridgehead atoms. The Hall–Kier alpha value is -2.58. The number of phosphoric ester groups is 1. The first-order valence-electron chi connectivity index (χ1n) is 37.6. The second kappa shape index (κ2) is 68.8. The zero-order valence-electron chi connectivity index (χ0n) is 58.7. The van der Waals surface area contributed by atoms with Crippen LogP contribution in [-0.2, 0) is 18.4 Å². The molecule has 3 N–H and O–H groups in total. The highest BCUT2D eigenvalue weighted by Crippen LogP contribution is 2.43. The third-order valence-electron chi connectivity index (χ3n) is 16.8. The summed E-state index contributed by atoms with van der Waals surface area (Å²) in [5.74, 6) is -0.187. The first-order chi connectivity index (χ1) is 43.0. The summed E-state index contributed by atoms with van der Waals surface area (Å²) in [5, 5.41) is 14.0. The fourth-order valence-corrected chi connectivity index (χ4v) is 11.7. The second-order valence-electron chi connectivity index (χ2n) is 26.6. The van der Waals surface area contributed by atoms with Crippen LogP contribution < -0.4 is 5.32 Å². The molecule has 0 rings (SSSR count). The van der Waals surface area contributed by atoms with E-state index in [1.807, 2.05) is 27.2 Å². The number of aliphatic hydroxyl groups excluding tert-OH is 1. The van der Waals surface area contributed by atoms with Crippen molar-refractivity contribution in [2.75, 3.05) is 40.9 Å². The molecule has 1 amide bonds. The Morgan fingerprint density at radius 3 is 1.05 bits per heavy atom. The maximum Gasteiger partial charge on any atom is 0.472 e. The molecule has 0 aliphatic carbocycles. The smallest absolute Gasteiger partial charge is 0.387 e. The first kappa shape index (κ1) is 85.4. The number of aliphatic hydroxyl groups is 1. The Labute approximate surface area is 547 Å². The summed E-state index contributed by atoms with van der Waals surface area (Å²) in [6, 6.07) is -0.874. The second-order valence-corrected chi connectivity index (χ2v) is 28.1. The van der Waals surface area contributed by atoms with Crippen LogP contribution >= 0.6 is 7.82 Å². The van der Waals surface area contributed by atoms with Crippen LogP contribution in [0.25, 0.3) is 0 Å². The minimum absolute atomic E-state index is 0.0524. The number of amides is 1. The van der Waals surface area contributed by atoms with Crippen LogP contribution in [0.2, 0.25) is 0 Å². The summed E-state index contributed by atoms with van der Waals surface area (Å²) in [7, 11) is 1.55. The average Bonchev–Trinajstić information content (AvgIpc) is 3.70. The molecule has 9 heteroatoms. The first-order valence-corrected chi connectivity index (χ1v) is 39.1. The van der Waals surface area contributed by atoms with Gasteiger partial charge >= 0.3 is 7.82 Å². The summed E-state index contributed by atoms with van der Waals surface area (Å²) in [6.07, 6.45) is 100. The van der Waals surface area contributed by atoms with Gasteiger partial charge in [-0.25, -0.2) is 4.57 Å². The number of unbranched alkanes of at least 4 members (excludes halogenated alkanes) is 42. The Morgan fingerprint density at radius 1 is 0.398 bits per heavy atom. The number of likely N-dealkylation sites (N-methyl/N-ethyl adjacent to an activating group) is 1. The number of nitrogens with zero attached hydrogens (tertiary/aromatic N) is 1. The molecule has 0 saturated carbocycles. The minimum atomic E-state index is -4.37. The maximum atomic E-state index is 13.1. The molecule has 88 heavy (non-hydrogen) atoms. The summed E-state index contributed by atoms with van der Waals surface area (Å²) in [4.78, 5) is 23.4. The van der Waals surface area contributed by atoms with E-state index in [0.717, 1.165) is 77.0 Å². The molecule has 0 heterocycles. The van der Waals surface area contributed by atoms with E-state index in [4.69, 9.17) is 9.05 Å². The molecule has 0 fully saturated rings. The van der Waals surface area contributed by atoms with Crippen molar-refractivity contribution < 1.29 is 32.9 Å². The lowest BCUT2D eigenvalue weighted by Crippen LogP contribution is -2.45. The quantitative estimate of drug-likeness (QED) is 0.0243. The summed E-state index contributed by atoms with van der Waals surface area (Å²) in [6.45, 7) is 4.71. The van der Waals surface area contributed by atoms with Gasteiger partial charge in [0.05, 0.1) is 39.9 Å². The van der Waals surface area contributed by atoms with Gasteiger partial charge in [-0.3, -0.25) is 13.8 Å². The van der Waals surface area contributed by atoms with E-state index < -0.39 is 20.0 Å². The van der Waals surface area contributed by atoms with Gasteiger partial charge < -0.3 is 19.8 Å². The Balaban J connectivity index is 4.03. The fraction of sp³-hybridized carbons (Fsp3) is 0.785. The van der Waals surface area contributed by atoms with Crippen LogP contribution in [0.15, 0.2) is 97.2 Å². The lowest BCUT2D eigenvalue weighted by Gasteiger charge is -2.25. The molecule has 3 unspecified atom stereocenters. The molecular formula is C79H146N2O6P+. The van der Waals surface area contributed by atoms with E-state index in [2.05, 4.69) is 104 Å². The van der Waals surface area contributed by atoms with Gasteiger partial charge in [0.2, 0.25) is 5.91 Å². The zero-order chi connectivity index (χ0) is 64.1. The predicted molar refractivity (Wildman–Crippen MR) is 387 cm³/mol. The van der Waals surface area contributed by atoms with Gasteiger partial charge in [-0.15, -0.1) is 0 Å². The number of phosphoric acid groups is 1. The van der Waals surface area contributed by atoms with E-state index in [-0.39, 0.29) is 19.1 Å². The maximum absolute atomic E-state index is 13.1. The van der Waals surface area contributed by atoms with Crippen LogP contribution in [0.3, 0.4) is 0 Å². The molecular weight excluding hydrogens is 1100 g/mol. The molecule has 0 radical (unpaired) electrons. The number of nitrogens with one attached hydrogen (secondary N) is 1. The molecule has 8 nitrogen and oxygen atoms in total. The summed E-state index contributed by atoms with van der Waals surface area (Å²) < 4.78 is 23.8. The van der Waals surface area contributed by atoms with Crippen molar-refractivity contribution in [3.63, 3.8) is 0 Å². The number of hydrogen-bond acceptors (Lipinski definition) is 5. The third-order valence-corrected chi connectivity index (χ3v) is 17.7. The molecule has 3 atom stereocenters. The fourth-order valence-electron chi connectivity index (χ4n) is 11.0. The van der Waals surface area contributed by atoms with E-state index in [9.17, 15) is 19.4 Å². The standard InChI is InChI=1S/C79H145N2O6P/c1-6-8-10-12-14-16-18-20-22-24-26-28-30-32-34-35-36-37-38-39-40-41-42-43-44-45-47-49-51-53-55-57-59-61-63-65-67-69-71-73-79(83)80-77(76-87-88(84,85)86-75-74-81(3,4)5)78(82)72-70-68-66-64-62-60-58-56-54-52-50-48-46-33-31-29-27-25-23-21-19-17-15-13-11-9-7-2/h8,10,14,16,20,22,26,28,32,34,54,56,62,64,70,72,77-78,82H,6-7,9,11-13,15,17-19,21,23-25,27,29-31,33,35-53,55,57-61,63,65-69,71,73-76H2,1-5H3,(H-,80,83,84,85)/p+1/b10-8-,16-14-,22-20-,28-26-,34-32-,56-54+,64-62+,72-70+. The zero-order valence-corrected chi connectivity index (χ0v) is 59.6. The van der Waals surface area contributed by atoms with Crippen molar-refractivity contribution in [2.45, 2.75) is 360 Å². The SMILES string of the molecule is CC/C=C\C/C=C\C/C=C\C/C=C\C/C=C\CCCCCCCCCCCCCCCCCCCCCCCCCC(=O)NC(COP(=O)(O)OCC[N+](C)(C)C)C(O)/C=C/CC/C=C/CC/C=C/CCCCCCCCCCCCCCCCCCC.